The monoisotopic (exact) mass is 119 g/mol. The maximum atomic E-state index is 10.0. The second-order valence-corrected chi connectivity index (χ2v) is 1.67. The zero-order valence-electron chi connectivity index (χ0n) is 4.27. The van der Waals surface area contributed by atoms with Crippen molar-refractivity contribution in [1.29, 1.82) is 0 Å². The van der Waals surface area contributed by atoms with Crippen molar-refractivity contribution in [2.45, 2.75) is 6.92 Å². The number of hydrogen-bond acceptors (Lipinski definition) is 2. The van der Waals surface area contributed by atoms with Crippen molar-refractivity contribution < 1.29 is 4.79 Å². The van der Waals surface area contributed by atoms with Gasteiger partial charge in [0.2, 0.25) is 0 Å². The zero-order valence-corrected chi connectivity index (χ0v) is 5.16. The molecular formula is C4H9NOS. The van der Waals surface area contributed by atoms with Crippen molar-refractivity contribution in [2.24, 2.45) is 0 Å². The Balaban J connectivity index is 2.82. The fraction of sp³-hybridized carbons (Fsp3) is 0.750. The minimum absolute atomic E-state index is 0.109. The first-order chi connectivity index (χ1) is 3.27. The summed E-state index contributed by atoms with van der Waals surface area (Å²) in [5.41, 5.74) is 0. The number of hydrogen-bond donors (Lipinski definition) is 2. The van der Waals surface area contributed by atoms with Crippen molar-refractivity contribution >= 4 is 17.7 Å². The minimum Gasteiger partial charge on any atom is -0.310 e. The Kier molecular flexibility index (Phi) is 4.14. The van der Waals surface area contributed by atoms with E-state index < -0.39 is 0 Å². The Morgan fingerprint density at radius 1 is 1.86 bits per heavy atom. The van der Waals surface area contributed by atoms with Gasteiger partial charge in [0.1, 0.15) is 0 Å². The first kappa shape index (κ1) is 6.98. The van der Waals surface area contributed by atoms with Crippen LogP contribution in [0.2, 0.25) is 0 Å². The van der Waals surface area contributed by atoms with Gasteiger partial charge in [-0.15, -0.1) is 12.6 Å². The summed E-state index contributed by atoms with van der Waals surface area (Å²) in [4.78, 5) is 10.0. The molecule has 0 spiro atoms. The number of rotatable bonds is 3. The third-order valence-corrected chi connectivity index (χ3v) is 0.684. The Hall–Kier alpha value is -0.0200. The Morgan fingerprint density at radius 3 is 2.57 bits per heavy atom. The molecule has 0 unspecified atom stereocenters. The highest BCUT2D eigenvalue weighted by molar-refractivity contribution is 7.96. The topological polar surface area (TPSA) is 29.1 Å². The molecule has 0 aromatic rings. The smallest absolute Gasteiger partial charge is 0.199 e. The van der Waals surface area contributed by atoms with Crippen LogP contribution in [0.3, 0.4) is 0 Å². The summed E-state index contributed by atoms with van der Waals surface area (Å²) in [7, 11) is 0. The molecule has 0 aromatic carbocycles. The highest BCUT2D eigenvalue weighted by Gasteiger charge is 1.86. The van der Waals surface area contributed by atoms with Gasteiger partial charge in [0.15, 0.2) is 5.12 Å². The molecule has 3 heteroatoms. The summed E-state index contributed by atoms with van der Waals surface area (Å²) in [6.45, 7) is 3.14. The lowest BCUT2D eigenvalue weighted by Gasteiger charge is -1.90. The van der Waals surface area contributed by atoms with Gasteiger partial charge in [-0.1, -0.05) is 6.92 Å². The fourth-order valence-electron chi connectivity index (χ4n) is 0.232. The molecule has 0 saturated carbocycles. The van der Waals surface area contributed by atoms with E-state index >= 15 is 0 Å². The van der Waals surface area contributed by atoms with E-state index in [1.165, 1.54) is 0 Å². The van der Waals surface area contributed by atoms with Gasteiger partial charge < -0.3 is 5.32 Å². The van der Waals surface area contributed by atoms with Crippen molar-refractivity contribution in [1.82, 2.24) is 5.32 Å². The van der Waals surface area contributed by atoms with E-state index in [1.807, 2.05) is 6.92 Å². The highest BCUT2D eigenvalue weighted by Crippen LogP contribution is 1.71. The molecule has 0 saturated heterocycles. The molecule has 0 radical (unpaired) electrons. The lowest BCUT2D eigenvalue weighted by atomic mass is 10.6. The van der Waals surface area contributed by atoms with Crippen LogP contribution in [0, 0.1) is 0 Å². The predicted octanol–water partition coefficient (Wildman–Crippen LogP) is 0.0523. The molecule has 0 heterocycles. The summed E-state index contributed by atoms with van der Waals surface area (Å²) < 4.78 is 0. The molecule has 0 atom stereocenters. The molecule has 0 rings (SSSR count). The van der Waals surface area contributed by atoms with Crippen molar-refractivity contribution in [3.63, 3.8) is 0 Å². The van der Waals surface area contributed by atoms with E-state index in [4.69, 9.17) is 0 Å². The van der Waals surface area contributed by atoms with Gasteiger partial charge in [0.05, 0.1) is 6.54 Å². The van der Waals surface area contributed by atoms with E-state index in [2.05, 4.69) is 17.9 Å². The van der Waals surface area contributed by atoms with Gasteiger partial charge >= 0.3 is 0 Å². The molecule has 2 nitrogen and oxygen atoms in total. The molecule has 1 N–H and O–H groups in total. The molecule has 0 aliphatic heterocycles. The van der Waals surface area contributed by atoms with Crippen molar-refractivity contribution in [3.05, 3.63) is 0 Å². The lowest BCUT2D eigenvalue weighted by molar-refractivity contribution is -0.110. The fourth-order valence-corrected chi connectivity index (χ4v) is 0.344. The first-order valence-corrected chi connectivity index (χ1v) is 2.64. The van der Waals surface area contributed by atoms with Crippen LogP contribution < -0.4 is 5.32 Å². The number of carbonyl (C=O) groups is 1. The number of nitrogens with one attached hydrogen (secondary N) is 1. The average Bonchev–Trinajstić information content (AvgIpc) is 1.61. The Bertz CT molecular complexity index is 64.7. The van der Waals surface area contributed by atoms with E-state index in [9.17, 15) is 4.79 Å². The predicted molar refractivity (Wildman–Crippen MR) is 32.5 cm³/mol. The van der Waals surface area contributed by atoms with Crippen molar-refractivity contribution in [2.75, 3.05) is 13.1 Å². The maximum absolute atomic E-state index is 10.0. The Labute approximate surface area is 48.7 Å². The second kappa shape index (κ2) is 4.15. The standard InChI is InChI=1S/C4H9NOS/c1-2-5-3-4(6)7/h5H,2-3H2,1H3,(H,6,7). The molecule has 0 aliphatic carbocycles. The molecule has 42 valence electrons. The summed E-state index contributed by atoms with van der Waals surface area (Å²) >= 11 is 3.53. The van der Waals surface area contributed by atoms with Gasteiger partial charge in [-0.3, -0.25) is 4.79 Å². The molecule has 0 bridgehead atoms. The van der Waals surface area contributed by atoms with E-state index in [-0.39, 0.29) is 5.12 Å². The number of likely N-dealkylation sites (N-methyl/N-ethyl adjacent to an activating group) is 1. The van der Waals surface area contributed by atoms with Gasteiger partial charge in [-0.25, -0.2) is 0 Å². The quantitative estimate of drug-likeness (QED) is 0.514. The highest BCUT2D eigenvalue weighted by atomic mass is 32.1. The number of carbonyl (C=O) groups excluding carboxylic acids is 1. The van der Waals surface area contributed by atoms with Crippen LogP contribution in [0.5, 0.6) is 0 Å². The van der Waals surface area contributed by atoms with Gasteiger partial charge in [-0.2, -0.15) is 0 Å². The van der Waals surface area contributed by atoms with Crippen LogP contribution in [-0.4, -0.2) is 18.2 Å². The van der Waals surface area contributed by atoms with Gasteiger partial charge in [0, 0.05) is 0 Å². The molecule has 0 aliphatic rings. The largest absolute Gasteiger partial charge is 0.310 e. The normalized spacial score (nSPS) is 8.86. The van der Waals surface area contributed by atoms with Crippen LogP contribution in [0.15, 0.2) is 0 Å². The second-order valence-electron chi connectivity index (χ2n) is 1.17. The Morgan fingerprint density at radius 2 is 2.43 bits per heavy atom. The van der Waals surface area contributed by atoms with Crippen LogP contribution in [-0.2, 0) is 4.79 Å². The average molecular weight is 119 g/mol. The summed E-state index contributed by atoms with van der Waals surface area (Å²) in [6, 6.07) is 0. The van der Waals surface area contributed by atoms with E-state index in [0.717, 1.165) is 6.54 Å². The number of thiol groups is 1. The van der Waals surface area contributed by atoms with Gasteiger partial charge in [0.25, 0.3) is 0 Å². The van der Waals surface area contributed by atoms with Gasteiger partial charge in [-0.05, 0) is 6.54 Å². The van der Waals surface area contributed by atoms with Crippen molar-refractivity contribution in [3.8, 4) is 0 Å². The molecule has 0 amide bonds. The van der Waals surface area contributed by atoms with E-state index in [0.29, 0.717) is 6.54 Å². The maximum Gasteiger partial charge on any atom is 0.199 e. The molecule has 7 heavy (non-hydrogen) atoms. The third-order valence-electron chi connectivity index (χ3n) is 0.526. The minimum atomic E-state index is -0.109. The lowest BCUT2D eigenvalue weighted by Crippen LogP contribution is -2.18. The first-order valence-electron chi connectivity index (χ1n) is 2.20. The van der Waals surface area contributed by atoms with Crippen LogP contribution in [0.4, 0.5) is 0 Å². The SMILES string of the molecule is CCNCC(=O)S. The molecule has 0 aromatic heterocycles. The summed E-state index contributed by atoms with van der Waals surface area (Å²) in [5, 5.41) is 2.71. The van der Waals surface area contributed by atoms with Crippen LogP contribution in [0.25, 0.3) is 0 Å². The van der Waals surface area contributed by atoms with Crippen LogP contribution >= 0.6 is 12.6 Å². The molecular weight excluding hydrogens is 110 g/mol. The summed E-state index contributed by atoms with van der Waals surface area (Å²) in [5.74, 6) is 0. The molecule has 0 fully saturated rings. The van der Waals surface area contributed by atoms with E-state index in [1.54, 1.807) is 0 Å². The van der Waals surface area contributed by atoms with Crippen LogP contribution in [0.1, 0.15) is 6.92 Å². The zero-order chi connectivity index (χ0) is 5.70. The third kappa shape index (κ3) is 5.98. The summed E-state index contributed by atoms with van der Waals surface area (Å²) in [6.07, 6.45) is 0.